The molecule has 2 rings (SSSR count). The van der Waals surface area contributed by atoms with E-state index in [0.29, 0.717) is 25.8 Å². The van der Waals surface area contributed by atoms with Crippen molar-refractivity contribution < 1.29 is 18.3 Å². The van der Waals surface area contributed by atoms with Gasteiger partial charge in [0.15, 0.2) is 9.84 Å². The van der Waals surface area contributed by atoms with Crippen LogP contribution < -0.4 is 5.32 Å². The van der Waals surface area contributed by atoms with E-state index in [0.717, 1.165) is 6.42 Å². The number of hydrogen-bond donors (Lipinski definition) is 2. The normalized spacial score (nSPS) is 30.9. The van der Waals surface area contributed by atoms with Gasteiger partial charge in [-0.1, -0.05) is 6.42 Å². The van der Waals surface area contributed by atoms with Crippen molar-refractivity contribution in [3.05, 3.63) is 0 Å². The van der Waals surface area contributed by atoms with Crippen molar-refractivity contribution >= 4 is 15.8 Å². The third-order valence-electron chi connectivity index (χ3n) is 3.73. The molecule has 5 nitrogen and oxygen atoms in total. The van der Waals surface area contributed by atoms with Crippen LogP contribution in [-0.4, -0.2) is 43.6 Å². The summed E-state index contributed by atoms with van der Waals surface area (Å²) in [5, 5.41) is 12.2. The maximum atomic E-state index is 11.2. The highest BCUT2D eigenvalue weighted by molar-refractivity contribution is 7.91. The topological polar surface area (TPSA) is 83.5 Å². The maximum absolute atomic E-state index is 11.2. The van der Waals surface area contributed by atoms with Gasteiger partial charge in [0.1, 0.15) is 0 Å². The first-order valence-corrected chi connectivity index (χ1v) is 7.43. The van der Waals surface area contributed by atoms with Gasteiger partial charge >= 0.3 is 5.97 Å². The fourth-order valence-electron chi connectivity index (χ4n) is 2.37. The Kier molecular flexibility index (Phi) is 2.96. The van der Waals surface area contributed by atoms with Crippen LogP contribution in [0.2, 0.25) is 0 Å². The summed E-state index contributed by atoms with van der Waals surface area (Å²) in [7, 11) is -2.88. The van der Waals surface area contributed by atoms with Gasteiger partial charge in [-0.15, -0.1) is 0 Å². The van der Waals surface area contributed by atoms with Gasteiger partial charge in [-0.3, -0.25) is 4.79 Å². The highest BCUT2D eigenvalue weighted by Crippen LogP contribution is 2.40. The summed E-state index contributed by atoms with van der Waals surface area (Å²) in [5.74, 6) is -0.375. The molecular formula is C10H17NO4S. The number of hydrogen-bond acceptors (Lipinski definition) is 4. The summed E-state index contributed by atoms with van der Waals surface area (Å²) in [6.45, 7) is 0.405. The summed E-state index contributed by atoms with van der Waals surface area (Å²) in [6.07, 6.45) is 2.97. The zero-order valence-electron chi connectivity index (χ0n) is 9.11. The lowest BCUT2D eigenvalue weighted by Crippen LogP contribution is -2.48. The zero-order valence-corrected chi connectivity index (χ0v) is 9.92. The molecular weight excluding hydrogens is 230 g/mol. The number of aliphatic carboxylic acids is 1. The van der Waals surface area contributed by atoms with E-state index in [1.54, 1.807) is 0 Å². The van der Waals surface area contributed by atoms with E-state index in [2.05, 4.69) is 5.32 Å². The van der Waals surface area contributed by atoms with Crippen LogP contribution in [0.5, 0.6) is 0 Å². The highest BCUT2D eigenvalue weighted by Gasteiger charge is 2.44. The summed E-state index contributed by atoms with van der Waals surface area (Å²) in [6, 6.07) is -0.0539. The van der Waals surface area contributed by atoms with E-state index < -0.39 is 21.2 Å². The second-order valence-electron chi connectivity index (χ2n) is 4.92. The Balaban J connectivity index is 1.86. The van der Waals surface area contributed by atoms with Gasteiger partial charge in [0, 0.05) is 12.6 Å². The number of nitrogens with one attached hydrogen (secondary N) is 1. The van der Waals surface area contributed by atoms with Crippen LogP contribution in [0.1, 0.15) is 25.7 Å². The molecule has 0 bridgehead atoms. The van der Waals surface area contributed by atoms with Crippen LogP contribution in [0.25, 0.3) is 0 Å². The quantitative estimate of drug-likeness (QED) is 0.731. The first-order valence-electron chi connectivity index (χ1n) is 5.61. The van der Waals surface area contributed by atoms with Gasteiger partial charge in [0.25, 0.3) is 0 Å². The molecule has 1 aliphatic carbocycles. The molecule has 16 heavy (non-hydrogen) atoms. The van der Waals surface area contributed by atoms with Crippen molar-refractivity contribution in [1.82, 2.24) is 5.32 Å². The van der Waals surface area contributed by atoms with E-state index in [1.807, 2.05) is 0 Å². The molecule has 0 aromatic rings. The van der Waals surface area contributed by atoms with E-state index in [-0.39, 0.29) is 17.5 Å². The highest BCUT2D eigenvalue weighted by atomic mass is 32.2. The van der Waals surface area contributed by atoms with Crippen LogP contribution in [0.4, 0.5) is 0 Å². The molecule has 1 heterocycles. The monoisotopic (exact) mass is 247 g/mol. The maximum Gasteiger partial charge on any atom is 0.310 e. The molecule has 0 aromatic heterocycles. The minimum absolute atomic E-state index is 0.0539. The Labute approximate surface area is 95.1 Å². The fraction of sp³-hybridized carbons (Fsp3) is 0.900. The van der Waals surface area contributed by atoms with Crippen molar-refractivity contribution in [3.8, 4) is 0 Å². The van der Waals surface area contributed by atoms with E-state index in [4.69, 9.17) is 5.11 Å². The molecule has 2 fully saturated rings. The predicted octanol–water partition coefficient (Wildman–Crippen LogP) is 0.0180. The van der Waals surface area contributed by atoms with Crippen molar-refractivity contribution in [2.75, 3.05) is 18.1 Å². The van der Waals surface area contributed by atoms with Crippen molar-refractivity contribution in [2.24, 2.45) is 5.41 Å². The molecule has 1 saturated heterocycles. The molecule has 6 heteroatoms. The summed E-state index contributed by atoms with van der Waals surface area (Å²) < 4.78 is 22.5. The van der Waals surface area contributed by atoms with Gasteiger partial charge in [-0.2, -0.15) is 0 Å². The second-order valence-corrected chi connectivity index (χ2v) is 7.15. The molecule has 1 atom stereocenters. The number of carbonyl (C=O) groups is 1. The third kappa shape index (κ3) is 2.22. The van der Waals surface area contributed by atoms with Gasteiger partial charge in [-0.05, 0) is 19.3 Å². The molecule has 1 saturated carbocycles. The molecule has 0 amide bonds. The second kappa shape index (κ2) is 4.00. The van der Waals surface area contributed by atoms with Gasteiger partial charge in [0.2, 0.25) is 0 Å². The van der Waals surface area contributed by atoms with Crippen LogP contribution in [-0.2, 0) is 14.6 Å². The SMILES string of the molecule is O=C(O)C1(CNC2CCS(=O)(=O)C2)CCC1. The minimum atomic E-state index is -2.88. The molecule has 92 valence electrons. The average Bonchev–Trinajstić information content (AvgIpc) is 2.43. The molecule has 1 unspecified atom stereocenters. The minimum Gasteiger partial charge on any atom is -0.481 e. The number of sulfone groups is 1. The Morgan fingerprint density at radius 2 is 2.12 bits per heavy atom. The van der Waals surface area contributed by atoms with Crippen molar-refractivity contribution in [2.45, 2.75) is 31.7 Å². The van der Waals surface area contributed by atoms with Gasteiger partial charge in [-0.25, -0.2) is 8.42 Å². The molecule has 1 aliphatic heterocycles. The molecule has 0 spiro atoms. The molecule has 0 radical (unpaired) electrons. The number of carboxylic acids is 1. The molecule has 2 aliphatic rings. The molecule has 2 N–H and O–H groups in total. The van der Waals surface area contributed by atoms with Crippen LogP contribution in [0.15, 0.2) is 0 Å². The van der Waals surface area contributed by atoms with Gasteiger partial charge < -0.3 is 10.4 Å². The Morgan fingerprint density at radius 3 is 2.50 bits per heavy atom. The van der Waals surface area contributed by atoms with Crippen LogP contribution in [0, 0.1) is 5.41 Å². The Morgan fingerprint density at radius 1 is 1.44 bits per heavy atom. The lowest BCUT2D eigenvalue weighted by atomic mass is 9.68. The average molecular weight is 247 g/mol. The van der Waals surface area contributed by atoms with Crippen LogP contribution in [0.3, 0.4) is 0 Å². The number of rotatable bonds is 4. The van der Waals surface area contributed by atoms with E-state index >= 15 is 0 Å². The van der Waals surface area contributed by atoms with E-state index in [1.165, 1.54) is 0 Å². The summed E-state index contributed by atoms with van der Waals surface area (Å²) in [5.41, 5.74) is -0.633. The first kappa shape index (κ1) is 11.9. The largest absolute Gasteiger partial charge is 0.481 e. The van der Waals surface area contributed by atoms with Gasteiger partial charge in [0.05, 0.1) is 16.9 Å². The Bertz CT molecular complexity index is 386. The standard InChI is InChI=1S/C10H17NO4S/c12-9(13)10(3-1-4-10)7-11-8-2-5-16(14,15)6-8/h8,11H,1-7H2,(H,12,13). The predicted molar refractivity (Wildman–Crippen MR) is 59.0 cm³/mol. The fourth-order valence-corrected chi connectivity index (χ4v) is 4.07. The summed E-state index contributed by atoms with van der Waals surface area (Å²) in [4.78, 5) is 11.1. The lowest BCUT2D eigenvalue weighted by Gasteiger charge is -2.38. The zero-order chi connectivity index (χ0) is 11.8. The first-order chi connectivity index (χ1) is 7.44. The van der Waals surface area contributed by atoms with E-state index in [9.17, 15) is 13.2 Å². The number of carboxylic acid groups (broad SMARTS) is 1. The van der Waals surface area contributed by atoms with Crippen molar-refractivity contribution in [1.29, 1.82) is 0 Å². The Hall–Kier alpha value is -0.620. The lowest BCUT2D eigenvalue weighted by molar-refractivity contribution is -0.154. The van der Waals surface area contributed by atoms with Crippen LogP contribution >= 0.6 is 0 Å². The molecule has 0 aromatic carbocycles. The smallest absolute Gasteiger partial charge is 0.310 e. The summed E-state index contributed by atoms with van der Waals surface area (Å²) >= 11 is 0. The van der Waals surface area contributed by atoms with Crippen molar-refractivity contribution in [3.63, 3.8) is 0 Å². The third-order valence-corrected chi connectivity index (χ3v) is 5.49.